The molecule has 2 rings (SSSR count). The molecule has 2 heterocycles. The van der Waals surface area contributed by atoms with Gasteiger partial charge in [0.1, 0.15) is 0 Å². The van der Waals surface area contributed by atoms with E-state index in [2.05, 4.69) is 10.6 Å². The molecule has 20 heavy (non-hydrogen) atoms. The number of carboxylic acid groups (broad SMARTS) is 1. The van der Waals surface area contributed by atoms with Gasteiger partial charge in [-0.05, 0) is 44.2 Å². The van der Waals surface area contributed by atoms with Crippen LogP contribution < -0.4 is 10.6 Å². The van der Waals surface area contributed by atoms with Crippen LogP contribution in [0.5, 0.6) is 0 Å². The molecule has 0 spiro atoms. The number of hydrogen-bond donors (Lipinski definition) is 3. The highest BCUT2D eigenvalue weighted by Gasteiger charge is 2.35. The highest BCUT2D eigenvalue weighted by Crippen LogP contribution is 2.25. The molecule has 1 amide bonds. The Morgan fingerprint density at radius 2 is 2.35 bits per heavy atom. The number of thiophene rings is 1. The van der Waals surface area contributed by atoms with E-state index in [0.29, 0.717) is 0 Å². The zero-order valence-corrected chi connectivity index (χ0v) is 12.3. The first-order valence-corrected chi connectivity index (χ1v) is 7.70. The molecular weight excluding hydrogens is 276 g/mol. The van der Waals surface area contributed by atoms with Crippen LogP contribution in [0.25, 0.3) is 0 Å². The third-order valence-corrected chi connectivity index (χ3v) is 4.68. The maximum atomic E-state index is 12.4. The molecule has 6 heteroatoms. The van der Waals surface area contributed by atoms with Gasteiger partial charge in [-0.15, -0.1) is 11.3 Å². The minimum Gasteiger partial charge on any atom is -0.481 e. The molecule has 2 unspecified atom stereocenters. The fourth-order valence-corrected chi connectivity index (χ4v) is 3.23. The van der Waals surface area contributed by atoms with E-state index in [0.717, 1.165) is 30.7 Å². The van der Waals surface area contributed by atoms with Gasteiger partial charge in [0.2, 0.25) is 5.91 Å². The van der Waals surface area contributed by atoms with Crippen LogP contribution in [0.2, 0.25) is 0 Å². The number of carbonyl (C=O) groups is 2. The third kappa shape index (κ3) is 3.58. The molecule has 0 saturated carbocycles. The number of carbonyl (C=O) groups excluding carboxylic acids is 1. The van der Waals surface area contributed by atoms with Gasteiger partial charge in [0.05, 0.1) is 18.0 Å². The topological polar surface area (TPSA) is 78.4 Å². The summed E-state index contributed by atoms with van der Waals surface area (Å²) in [7, 11) is 0. The van der Waals surface area contributed by atoms with Crippen LogP contribution >= 0.6 is 11.3 Å². The smallest absolute Gasteiger partial charge is 0.305 e. The lowest BCUT2D eigenvalue weighted by molar-refractivity contribution is -0.138. The van der Waals surface area contributed by atoms with Crippen molar-refractivity contribution in [2.45, 2.75) is 44.2 Å². The predicted octanol–water partition coefficient (Wildman–Crippen LogP) is 1.91. The first-order valence-electron chi connectivity index (χ1n) is 6.82. The summed E-state index contributed by atoms with van der Waals surface area (Å²) in [5.74, 6) is -1.03. The number of nitrogens with one attached hydrogen (secondary N) is 2. The Bertz CT molecular complexity index is 467. The fourth-order valence-electron chi connectivity index (χ4n) is 2.45. The minimum absolute atomic E-state index is 0.0949. The van der Waals surface area contributed by atoms with Crippen molar-refractivity contribution < 1.29 is 14.7 Å². The summed E-state index contributed by atoms with van der Waals surface area (Å²) in [4.78, 5) is 24.3. The van der Waals surface area contributed by atoms with Crippen molar-refractivity contribution in [2.75, 3.05) is 6.54 Å². The van der Waals surface area contributed by atoms with Gasteiger partial charge < -0.3 is 15.7 Å². The van der Waals surface area contributed by atoms with Gasteiger partial charge in [0.15, 0.2) is 0 Å². The van der Waals surface area contributed by atoms with E-state index in [9.17, 15) is 9.59 Å². The van der Waals surface area contributed by atoms with Crippen molar-refractivity contribution in [3.8, 4) is 0 Å². The number of hydrogen-bond acceptors (Lipinski definition) is 4. The van der Waals surface area contributed by atoms with Gasteiger partial charge in [-0.3, -0.25) is 9.59 Å². The van der Waals surface area contributed by atoms with Crippen molar-refractivity contribution in [3.05, 3.63) is 22.4 Å². The normalized spacial score (nSPS) is 24.1. The molecule has 1 aromatic heterocycles. The van der Waals surface area contributed by atoms with Crippen LogP contribution in [0.15, 0.2) is 17.5 Å². The molecule has 110 valence electrons. The molecule has 1 aromatic rings. The highest BCUT2D eigenvalue weighted by molar-refractivity contribution is 7.10. The van der Waals surface area contributed by atoms with Gasteiger partial charge >= 0.3 is 5.97 Å². The van der Waals surface area contributed by atoms with Gasteiger partial charge in [0, 0.05) is 4.88 Å². The van der Waals surface area contributed by atoms with E-state index in [1.54, 1.807) is 0 Å². The Kier molecular flexibility index (Phi) is 4.77. The van der Waals surface area contributed by atoms with Crippen LogP contribution in [0.3, 0.4) is 0 Å². The minimum atomic E-state index is -0.912. The molecule has 5 nitrogen and oxygen atoms in total. The monoisotopic (exact) mass is 296 g/mol. The van der Waals surface area contributed by atoms with E-state index in [1.165, 1.54) is 11.3 Å². The zero-order valence-electron chi connectivity index (χ0n) is 11.5. The zero-order chi connectivity index (χ0) is 14.6. The summed E-state index contributed by atoms with van der Waals surface area (Å²) < 4.78 is 0. The molecule has 0 bridgehead atoms. The maximum absolute atomic E-state index is 12.4. The van der Waals surface area contributed by atoms with E-state index < -0.39 is 17.6 Å². The molecule has 1 aliphatic rings. The first kappa shape index (κ1) is 15.0. The molecule has 1 fully saturated rings. The van der Waals surface area contributed by atoms with Crippen molar-refractivity contribution >= 4 is 23.2 Å². The van der Waals surface area contributed by atoms with Crippen molar-refractivity contribution in [1.29, 1.82) is 0 Å². The summed E-state index contributed by atoms with van der Waals surface area (Å²) in [6.07, 6.45) is 2.78. The summed E-state index contributed by atoms with van der Waals surface area (Å²) in [6, 6.07) is 3.26. The number of aliphatic carboxylic acids is 1. The highest BCUT2D eigenvalue weighted by atomic mass is 32.1. The summed E-state index contributed by atoms with van der Waals surface area (Å²) in [5.41, 5.74) is -0.591. The van der Waals surface area contributed by atoms with Gasteiger partial charge in [-0.1, -0.05) is 6.07 Å². The first-order chi connectivity index (χ1) is 9.51. The second-order valence-electron chi connectivity index (χ2n) is 5.36. The van der Waals surface area contributed by atoms with Gasteiger partial charge in [0.25, 0.3) is 0 Å². The van der Waals surface area contributed by atoms with E-state index in [1.807, 2.05) is 24.4 Å². The van der Waals surface area contributed by atoms with Gasteiger partial charge in [-0.2, -0.15) is 0 Å². The average molecular weight is 296 g/mol. The second-order valence-corrected chi connectivity index (χ2v) is 6.33. The Hall–Kier alpha value is -1.40. The van der Waals surface area contributed by atoms with E-state index in [4.69, 9.17) is 5.11 Å². The van der Waals surface area contributed by atoms with Crippen LogP contribution in [-0.2, 0) is 9.59 Å². The Morgan fingerprint density at radius 3 is 2.90 bits per heavy atom. The van der Waals surface area contributed by atoms with Crippen LogP contribution in [0.1, 0.15) is 43.5 Å². The van der Waals surface area contributed by atoms with Crippen molar-refractivity contribution in [1.82, 2.24) is 10.6 Å². The van der Waals surface area contributed by atoms with Crippen LogP contribution in [0, 0.1) is 0 Å². The number of amides is 1. The third-order valence-electron chi connectivity index (χ3n) is 3.69. The quantitative estimate of drug-likeness (QED) is 0.775. The number of rotatable bonds is 5. The Balaban J connectivity index is 2.07. The SMILES string of the molecule is CC1(C(=O)NC(CC(=O)O)c2cccs2)CCCCN1. The van der Waals surface area contributed by atoms with E-state index in [-0.39, 0.29) is 12.3 Å². The molecule has 0 aliphatic carbocycles. The van der Waals surface area contributed by atoms with Gasteiger partial charge in [-0.25, -0.2) is 0 Å². The molecule has 3 N–H and O–H groups in total. The maximum Gasteiger partial charge on any atom is 0.305 e. The number of carboxylic acids is 1. The van der Waals surface area contributed by atoms with Crippen molar-refractivity contribution in [2.24, 2.45) is 0 Å². The Morgan fingerprint density at radius 1 is 1.55 bits per heavy atom. The van der Waals surface area contributed by atoms with E-state index >= 15 is 0 Å². The average Bonchev–Trinajstić information content (AvgIpc) is 2.92. The summed E-state index contributed by atoms with van der Waals surface area (Å²) in [6.45, 7) is 2.71. The lowest BCUT2D eigenvalue weighted by atomic mass is 9.89. The van der Waals surface area contributed by atoms with Crippen LogP contribution in [0.4, 0.5) is 0 Å². The van der Waals surface area contributed by atoms with Crippen LogP contribution in [-0.4, -0.2) is 29.1 Å². The molecule has 0 radical (unpaired) electrons. The standard InChI is InChI=1S/C14H20N2O3S/c1-14(6-2-3-7-15-14)13(19)16-10(9-12(17)18)11-5-4-8-20-11/h4-5,8,10,15H,2-3,6-7,9H2,1H3,(H,16,19)(H,17,18). The fraction of sp³-hybridized carbons (Fsp3) is 0.571. The number of piperidine rings is 1. The lowest BCUT2D eigenvalue weighted by Gasteiger charge is -2.34. The predicted molar refractivity (Wildman–Crippen MR) is 77.7 cm³/mol. The lowest BCUT2D eigenvalue weighted by Crippen LogP contribution is -2.57. The molecule has 2 atom stereocenters. The Labute approximate surface area is 122 Å². The molecular formula is C14H20N2O3S. The summed E-state index contributed by atoms with van der Waals surface area (Å²) >= 11 is 1.46. The molecule has 1 aliphatic heterocycles. The molecule has 1 saturated heterocycles. The second kappa shape index (κ2) is 6.37. The largest absolute Gasteiger partial charge is 0.481 e. The molecule has 0 aromatic carbocycles. The summed E-state index contributed by atoms with van der Waals surface area (Å²) in [5, 5.41) is 17.0. The van der Waals surface area contributed by atoms with Crippen molar-refractivity contribution in [3.63, 3.8) is 0 Å².